The molecule has 0 bridgehead atoms. The number of hydrogen-bond acceptors (Lipinski definition) is 4. The van der Waals surface area contributed by atoms with E-state index in [-0.39, 0.29) is 22.3 Å². The average molecular weight is 413 g/mol. The van der Waals surface area contributed by atoms with E-state index in [2.05, 4.69) is 5.32 Å². The molecule has 0 radical (unpaired) electrons. The first-order valence-electron chi connectivity index (χ1n) is 8.61. The highest BCUT2D eigenvalue weighted by molar-refractivity contribution is 6.33. The van der Waals surface area contributed by atoms with Crippen molar-refractivity contribution in [2.75, 3.05) is 5.32 Å². The summed E-state index contributed by atoms with van der Waals surface area (Å²) in [6, 6.07) is 10.9. The first-order valence-corrected chi connectivity index (χ1v) is 8.98. The Morgan fingerprint density at radius 2 is 1.93 bits per heavy atom. The Hall–Kier alpha value is -3.45. The zero-order valence-electron chi connectivity index (χ0n) is 15.7. The van der Waals surface area contributed by atoms with Crippen molar-refractivity contribution in [3.8, 4) is 11.1 Å². The number of aromatic nitrogens is 1. The lowest BCUT2D eigenvalue weighted by atomic mass is 9.97. The predicted octanol–water partition coefficient (Wildman–Crippen LogP) is 3.99. The summed E-state index contributed by atoms with van der Waals surface area (Å²) in [6.45, 7) is 1.51. The maximum Gasteiger partial charge on any atom is 0.259 e. The predicted molar refractivity (Wildman–Crippen MR) is 113 cm³/mol. The molecule has 0 spiro atoms. The fourth-order valence-electron chi connectivity index (χ4n) is 3.01. The maximum atomic E-state index is 14.3. The van der Waals surface area contributed by atoms with Gasteiger partial charge in [0.2, 0.25) is 5.91 Å². The number of carbonyl (C=O) groups excluding carboxylic acids is 1. The molecular formula is C21H18ClFN4O2. The van der Waals surface area contributed by atoms with E-state index in [4.69, 9.17) is 22.7 Å². The largest absolute Gasteiger partial charge is 0.366 e. The van der Waals surface area contributed by atoms with Crippen molar-refractivity contribution in [3.05, 3.63) is 80.3 Å². The third kappa shape index (κ3) is 3.77. The molecule has 0 fully saturated rings. The lowest BCUT2D eigenvalue weighted by molar-refractivity contribution is 0.1000. The topological polar surface area (TPSA) is 101 Å². The standard InChI is InChI=1S/C21H18ClFN4O2/c1-11-14(7-12(19(25)28)9-17(11)23)15-8-13(10-24)20(27(2)21(15)29)26-18-6-4-3-5-16(18)22/h3-10,24,26H,1-2H3,(H2,25,28). The van der Waals surface area contributed by atoms with Crippen molar-refractivity contribution in [1.29, 1.82) is 5.41 Å². The molecule has 0 aliphatic heterocycles. The molecule has 2 aromatic carbocycles. The minimum absolute atomic E-state index is 0.0418. The smallest absolute Gasteiger partial charge is 0.259 e. The number of carbonyl (C=O) groups is 1. The van der Waals surface area contributed by atoms with Crippen LogP contribution in [0.25, 0.3) is 11.1 Å². The van der Waals surface area contributed by atoms with Gasteiger partial charge in [-0.25, -0.2) is 4.39 Å². The number of anilines is 2. The van der Waals surface area contributed by atoms with E-state index in [0.29, 0.717) is 22.1 Å². The van der Waals surface area contributed by atoms with Gasteiger partial charge in [0.15, 0.2) is 0 Å². The molecule has 6 nitrogen and oxygen atoms in total. The van der Waals surface area contributed by atoms with Gasteiger partial charge >= 0.3 is 0 Å². The van der Waals surface area contributed by atoms with Gasteiger partial charge < -0.3 is 16.5 Å². The third-order valence-electron chi connectivity index (χ3n) is 4.65. The summed E-state index contributed by atoms with van der Waals surface area (Å²) in [5, 5.41) is 11.3. The number of nitrogens with zero attached hydrogens (tertiary/aromatic N) is 1. The number of nitrogens with one attached hydrogen (secondary N) is 2. The van der Waals surface area contributed by atoms with Gasteiger partial charge in [0.05, 0.1) is 10.7 Å². The van der Waals surface area contributed by atoms with Gasteiger partial charge in [0.25, 0.3) is 5.56 Å². The molecule has 3 aromatic rings. The first kappa shape index (κ1) is 20.3. The number of primary amides is 1. The molecule has 1 aromatic heterocycles. The van der Waals surface area contributed by atoms with Gasteiger partial charge in [0.1, 0.15) is 11.6 Å². The van der Waals surface area contributed by atoms with E-state index < -0.39 is 17.3 Å². The minimum Gasteiger partial charge on any atom is -0.366 e. The van der Waals surface area contributed by atoms with Crippen LogP contribution in [-0.4, -0.2) is 16.7 Å². The Balaban J connectivity index is 2.23. The summed E-state index contributed by atoms with van der Waals surface area (Å²) in [6.07, 6.45) is 1.08. The average Bonchev–Trinajstić information content (AvgIpc) is 2.69. The SMILES string of the molecule is Cc1c(F)cc(C(N)=O)cc1-c1cc(C=N)c(Nc2ccccc2Cl)n(C)c1=O. The summed E-state index contributed by atoms with van der Waals surface area (Å²) >= 11 is 6.18. The van der Waals surface area contributed by atoms with E-state index in [1.807, 2.05) is 0 Å². The van der Waals surface area contributed by atoms with Crippen molar-refractivity contribution in [3.63, 3.8) is 0 Å². The summed E-state index contributed by atoms with van der Waals surface area (Å²) in [7, 11) is 1.53. The Morgan fingerprint density at radius 1 is 1.24 bits per heavy atom. The minimum atomic E-state index is -0.800. The lowest BCUT2D eigenvalue weighted by Crippen LogP contribution is -2.23. The van der Waals surface area contributed by atoms with E-state index in [9.17, 15) is 14.0 Å². The summed E-state index contributed by atoms with van der Waals surface area (Å²) in [5.74, 6) is -1.09. The number of hydrogen-bond donors (Lipinski definition) is 3. The zero-order valence-corrected chi connectivity index (χ0v) is 16.5. The van der Waals surface area contributed by atoms with Crippen molar-refractivity contribution in [1.82, 2.24) is 4.57 Å². The Labute approximate surface area is 171 Å². The van der Waals surface area contributed by atoms with Gasteiger partial charge in [0, 0.05) is 30.0 Å². The van der Waals surface area contributed by atoms with Crippen LogP contribution in [0.2, 0.25) is 5.02 Å². The van der Waals surface area contributed by atoms with Crippen LogP contribution in [-0.2, 0) is 7.05 Å². The summed E-state index contributed by atoms with van der Waals surface area (Å²) < 4.78 is 15.6. The van der Waals surface area contributed by atoms with Crippen molar-refractivity contribution in [2.45, 2.75) is 6.92 Å². The van der Waals surface area contributed by atoms with Crippen LogP contribution >= 0.6 is 11.6 Å². The second-order valence-corrected chi connectivity index (χ2v) is 6.88. The van der Waals surface area contributed by atoms with Crippen molar-refractivity contribution in [2.24, 2.45) is 12.8 Å². The lowest BCUT2D eigenvalue weighted by Gasteiger charge is -2.17. The fourth-order valence-corrected chi connectivity index (χ4v) is 3.19. The number of amides is 1. The van der Waals surface area contributed by atoms with Crippen LogP contribution < -0.4 is 16.6 Å². The summed E-state index contributed by atoms with van der Waals surface area (Å²) in [5.41, 5.74) is 6.35. The molecule has 0 aliphatic rings. The van der Waals surface area contributed by atoms with Crippen LogP contribution in [0.5, 0.6) is 0 Å². The van der Waals surface area contributed by atoms with Crippen LogP contribution in [0, 0.1) is 18.2 Å². The van der Waals surface area contributed by atoms with Gasteiger partial charge in [-0.15, -0.1) is 0 Å². The van der Waals surface area contributed by atoms with Crippen LogP contribution in [0.3, 0.4) is 0 Å². The highest BCUT2D eigenvalue weighted by Gasteiger charge is 2.18. The summed E-state index contributed by atoms with van der Waals surface area (Å²) in [4.78, 5) is 24.6. The highest BCUT2D eigenvalue weighted by Crippen LogP contribution is 2.29. The van der Waals surface area contributed by atoms with Gasteiger partial charge in [-0.2, -0.15) is 0 Å². The second-order valence-electron chi connectivity index (χ2n) is 6.47. The molecule has 0 saturated carbocycles. The fraction of sp³-hybridized carbons (Fsp3) is 0.0952. The maximum absolute atomic E-state index is 14.3. The monoisotopic (exact) mass is 412 g/mol. The molecule has 0 atom stereocenters. The highest BCUT2D eigenvalue weighted by atomic mass is 35.5. The molecule has 0 aliphatic carbocycles. The third-order valence-corrected chi connectivity index (χ3v) is 4.97. The van der Waals surface area contributed by atoms with Gasteiger partial charge in [-0.05, 0) is 48.4 Å². The Kier molecular flexibility index (Phi) is 5.52. The molecule has 4 N–H and O–H groups in total. The van der Waals surface area contributed by atoms with Crippen molar-refractivity contribution < 1.29 is 9.18 Å². The number of nitrogens with two attached hydrogens (primary N) is 1. The van der Waals surface area contributed by atoms with E-state index in [1.165, 1.54) is 30.7 Å². The first-order chi connectivity index (χ1) is 13.7. The Morgan fingerprint density at radius 3 is 2.55 bits per heavy atom. The molecule has 0 unspecified atom stereocenters. The molecule has 8 heteroatoms. The van der Waals surface area contributed by atoms with Crippen molar-refractivity contribution >= 4 is 35.2 Å². The van der Waals surface area contributed by atoms with E-state index >= 15 is 0 Å². The second kappa shape index (κ2) is 7.89. The van der Waals surface area contributed by atoms with E-state index in [1.54, 1.807) is 24.3 Å². The number of pyridine rings is 1. The quantitative estimate of drug-likeness (QED) is 0.552. The zero-order chi connectivity index (χ0) is 21.3. The Bertz CT molecular complexity index is 1200. The number of para-hydroxylation sites is 1. The molecule has 148 valence electrons. The molecular weight excluding hydrogens is 395 g/mol. The van der Waals surface area contributed by atoms with Crippen LogP contribution in [0.1, 0.15) is 21.5 Å². The van der Waals surface area contributed by atoms with E-state index in [0.717, 1.165) is 12.3 Å². The van der Waals surface area contributed by atoms with Crippen LogP contribution in [0.4, 0.5) is 15.9 Å². The molecule has 1 heterocycles. The number of halogens is 2. The molecule has 3 rings (SSSR count). The van der Waals surface area contributed by atoms with Gasteiger partial charge in [-0.1, -0.05) is 23.7 Å². The number of rotatable bonds is 5. The molecule has 1 amide bonds. The molecule has 0 saturated heterocycles. The normalized spacial score (nSPS) is 10.6. The molecule has 29 heavy (non-hydrogen) atoms. The van der Waals surface area contributed by atoms with Gasteiger partial charge in [-0.3, -0.25) is 14.2 Å². The number of benzene rings is 2. The van der Waals surface area contributed by atoms with Crippen LogP contribution in [0.15, 0.2) is 47.3 Å².